The van der Waals surface area contributed by atoms with Crippen molar-refractivity contribution in [2.24, 2.45) is 5.92 Å². The lowest BCUT2D eigenvalue weighted by molar-refractivity contribution is 0.0317. The summed E-state index contributed by atoms with van der Waals surface area (Å²) in [6.07, 6.45) is 6.13. The zero-order chi connectivity index (χ0) is 7.68. The third-order valence-corrected chi connectivity index (χ3v) is 3.16. The molecule has 1 heterocycles. The quantitative estimate of drug-likeness (QED) is 0.544. The molecule has 2 heteroatoms. The first kappa shape index (κ1) is 7.56. The van der Waals surface area contributed by atoms with E-state index in [0.29, 0.717) is 12.0 Å². The highest BCUT2D eigenvalue weighted by atomic mass is 16.3. The van der Waals surface area contributed by atoms with Crippen LogP contribution < -0.4 is 5.32 Å². The predicted molar refractivity (Wildman–Crippen MR) is 44.4 cm³/mol. The summed E-state index contributed by atoms with van der Waals surface area (Å²) in [5.74, 6) is 0.567. The molecule has 0 aromatic heterocycles. The van der Waals surface area contributed by atoms with Gasteiger partial charge < -0.3 is 10.4 Å². The van der Waals surface area contributed by atoms with E-state index in [1.807, 2.05) is 0 Å². The molecular weight excluding hydrogens is 138 g/mol. The molecule has 0 spiro atoms. The first-order chi connectivity index (χ1) is 5.38. The maximum absolute atomic E-state index is 9.66. The molecule has 2 fully saturated rings. The van der Waals surface area contributed by atoms with Crippen LogP contribution in [-0.2, 0) is 0 Å². The van der Waals surface area contributed by atoms with Crippen LogP contribution in [0.2, 0.25) is 0 Å². The van der Waals surface area contributed by atoms with Crippen LogP contribution in [0.25, 0.3) is 0 Å². The number of fused-ring (bicyclic) bond motifs is 1. The van der Waals surface area contributed by atoms with Crippen molar-refractivity contribution in [1.82, 2.24) is 5.32 Å². The number of piperidine rings is 1. The van der Waals surface area contributed by atoms with Gasteiger partial charge in [0, 0.05) is 12.0 Å². The van der Waals surface area contributed by atoms with Gasteiger partial charge in [-0.15, -0.1) is 0 Å². The van der Waals surface area contributed by atoms with E-state index in [-0.39, 0.29) is 6.10 Å². The van der Waals surface area contributed by atoms with E-state index in [1.54, 1.807) is 0 Å². The molecule has 2 aliphatic rings. The Bertz CT molecular complexity index is 136. The largest absolute Gasteiger partial charge is 0.393 e. The lowest BCUT2D eigenvalue weighted by atomic mass is 9.78. The number of hydrogen-bond donors (Lipinski definition) is 2. The van der Waals surface area contributed by atoms with E-state index < -0.39 is 0 Å². The molecule has 0 unspecified atom stereocenters. The second-order valence-corrected chi connectivity index (χ2v) is 3.86. The Morgan fingerprint density at radius 2 is 1.91 bits per heavy atom. The van der Waals surface area contributed by atoms with E-state index >= 15 is 0 Å². The van der Waals surface area contributed by atoms with Crippen molar-refractivity contribution in [3.63, 3.8) is 0 Å². The van der Waals surface area contributed by atoms with Crippen LogP contribution in [-0.4, -0.2) is 23.8 Å². The lowest BCUT2D eigenvalue weighted by Crippen LogP contribution is -2.49. The summed E-state index contributed by atoms with van der Waals surface area (Å²) in [6, 6.07) is 0.632. The Morgan fingerprint density at radius 1 is 1.09 bits per heavy atom. The molecule has 3 atom stereocenters. The topological polar surface area (TPSA) is 32.3 Å². The average Bonchev–Trinajstić information content (AvgIpc) is 2.06. The summed E-state index contributed by atoms with van der Waals surface area (Å²) in [7, 11) is 0. The Hall–Kier alpha value is -0.0800. The summed E-state index contributed by atoms with van der Waals surface area (Å²) >= 11 is 0. The van der Waals surface area contributed by atoms with Gasteiger partial charge in [0.25, 0.3) is 0 Å². The van der Waals surface area contributed by atoms with Crippen molar-refractivity contribution in [3.8, 4) is 0 Å². The molecule has 2 nitrogen and oxygen atoms in total. The molecule has 1 aliphatic carbocycles. The molecule has 64 valence electrons. The van der Waals surface area contributed by atoms with Gasteiger partial charge in [-0.3, -0.25) is 0 Å². The van der Waals surface area contributed by atoms with E-state index in [2.05, 4.69) is 5.32 Å². The molecule has 0 aromatic carbocycles. The standard InChI is InChI=1S/C9H17NO/c11-9-5-6-10-8-4-2-1-3-7(8)9/h7-11H,1-6H2/t7-,8-,9+/m0/s1. The van der Waals surface area contributed by atoms with E-state index in [0.717, 1.165) is 13.0 Å². The second kappa shape index (κ2) is 3.11. The van der Waals surface area contributed by atoms with Gasteiger partial charge in [0.15, 0.2) is 0 Å². The summed E-state index contributed by atoms with van der Waals surface area (Å²) in [6.45, 7) is 1.02. The van der Waals surface area contributed by atoms with Crippen molar-refractivity contribution < 1.29 is 5.11 Å². The molecule has 1 saturated heterocycles. The van der Waals surface area contributed by atoms with Gasteiger partial charge in [0.2, 0.25) is 0 Å². The van der Waals surface area contributed by atoms with Crippen LogP contribution in [0.3, 0.4) is 0 Å². The number of aliphatic hydroxyl groups excluding tert-OH is 1. The van der Waals surface area contributed by atoms with Gasteiger partial charge in [-0.1, -0.05) is 12.8 Å². The fourth-order valence-corrected chi connectivity index (χ4v) is 2.50. The Labute approximate surface area is 68.0 Å². The minimum absolute atomic E-state index is 0.0125. The highest BCUT2D eigenvalue weighted by Crippen LogP contribution is 2.30. The summed E-state index contributed by atoms with van der Waals surface area (Å²) < 4.78 is 0. The predicted octanol–water partition coefficient (Wildman–Crippen LogP) is 0.899. The summed E-state index contributed by atoms with van der Waals surface area (Å²) in [5, 5.41) is 13.2. The van der Waals surface area contributed by atoms with Crippen molar-refractivity contribution >= 4 is 0 Å². The molecule has 1 saturated carbocycles. The molecule has 11 heavy (non-hydrogen) atoms. The highest BCUT2D eigenvalue weighted by Gasteiger charge is 2.33. The molecule has 0 aromatic rings. The van der Waals surface area contributed by atoms with Gasteiger partial charge in [0.05, 0.1) is 6.10 Å². The molecule has 0 radical (unpaired) electrons. The van der Waals surface area contributed by atoms with Gasteiger partial charge in [-0.25, -0.2) is 0 Å². The monoisotopic (exact) mass is 155 g/mol. The fourth-order valence-electron chi connectivity index (χ4n) is 2.50. The summed E-state index contributed by atoms with van der Waals surface area (Å²) in [5.41, 5.74) is 0. The molecular formula is C9H17NO. The highest BCUT2D eigenvalue weighted by molar-refractivity contribution is 4.89. The van der Waals surface area contributed by atoms with Crippen LogP contribution in [0, 0.1) is 5.92 Å². The smallest absolute Gasteiger partial charge is 0.0595 e. The van der Waals surface area contributed by atoms with Gasteiger partial charge in [-0.05, 0) is 25.8 Å². The third-order valence-electron chi connectivity index (χ3n) is 3.16. The van der Waals surface area contributed by atoms with Gasteiger partial charge in [-0.2, -0.15) is 0 Å². The maximum Gasteiger partial charge on any atom is 0.0595 e. The number of hydrogen-bond acceptors (Lipinski definition) is 2. The zero-order valence-electron chi connectivity index (χ0n) is 6.92. The van der Waals surface area contributed by atoms with E-state index in [1.165, 1.54) is 25.7 Å². The number of nitrogens with one attached hydrogen (secondary N) is 1. The average molecular weight is 155 g/mol. The van der Waals surface area contributed by atoms with Crippen molar-refractivity contribution in [2.75, 3.05) is 6.54 Å². The molecule has 1 aliphatic heterocycles. The fraction of sp³-hybridized carbons (Fsp3) is 1.00. The molecule has 0 bridgehead atoms. The minimum Gasteiger partial charge on any atom is -0.393 e. The first-order valence-corrected chi connectivity index (χ1v) is 4.79. The van der Waals surface area contributed by atoms with Gasteiger partial charge in [0.1, 0.15) is 0 Å². The number of rotatable bonds is 0. The van der Waals surface area contributed by atoms with Crippen molar-refractivity contribution in [2.45, 2.75) is 44.2 Å². The van der Waals surface area contributed by atoms with E-state index in [4.69, 9.17) is 0 Å². The number of aliphatic hydroxyl groups is 1. The third kappa shape index (κ3) is 1.42. The van der Waals surface area contributed by atoms with Crippen LogP contribution in [0.15, 0.2) is 0 Å². The maximum atomic E-state index is 9.66. The van der Waals surface area contributed by atoms with Crippen molar-refractivity contribution in [1.29, 1.82) is 0 Å². The Kier molecular flexibility index (Phi) is 2.14. The van der Waals surface area contributed by atoms with Crippen LogP contribution >= 0.6 is 0 Å². The Balaban J connectivity index is 1.99. The normalized spacial score (nSPS) is 45.0. The second-order valence-electron chi connectivity index (χ2n) is 3.86. The van der Waals surface area contributed by atoms with Crippen molar-refractivity contribution in [3.05, 3.63) is 0 Å². The van der Waals surface area contributed by atoms with Crippen LogP contribution in [0.1, 0.15) is 32.1 Å². The van der Waals surface area contributed by atoms with E-state index in [9.17, 15) is 5.11 Å². The van der Waals surface area contributed by atoms with Crippen LogP contribution in [0.5, 0.6) is 0 Å². The minimum atomic E-state index is -0.0125. The summed E-state index contributed by atoms with van der Waals surface area (Å²) in [4.78, 5) is 0. The zero-order valence-corrected chi connectivity index (χ0v) is 6.92. The first-order valence-electron chi connectivity index (χ1n) is 4.79. The molecule has 2 N–H and O–H groups in total. The lowest BCUT2D eigenvalue weighted by Gasteiger charge is -2.39. The molecule has 0 amide bonds. The van der Waals surface area contributed by atoms with Gasteiger partial charge >= 0.3 is 0 Å². The van der Waals surface area contributed by atoms with Crippen LogP contribution in [0.4, 0.5) is 0 Å². The Morgan fingerprint density at radius 3 is 2.73 bits per heavy atom. The SMILES string of the molecule is O[C@@H]1CCN[C@H]2CCCC[C@H]12. The molecule has 2 rings (SSSR count).